The van der Waals surface area contributed by atoms with Gasteiger partial charge in [-0.05, 0) is 79.7 Å². The number of aromatic nitrogens is 2. The van der Waals surface area contributed by atoms with E-state index in [2.05, 4.69) is 35.0 Å². The molecule has 0 amide bonds. The van der Waals surface area contributed by atoms with Crippen LogP contribution in [0.2, 0.25) is 0 Å². The molecule has 0 aliphatic carbocycles. The molecule has 1 unspecified atom stereocenters. The molecule has 0 bridgehead atoms. The van der Waals surface area contributed by atoms with Gasteiger partial charge >= 0.3 is 0 Å². The van der Waals surface area contributed by atoms with Gasteiger partial charge in [0.2, 0.25) is 6.79 Å². The van der Waals surface area contributed by atoms with Gasteiger partial charge in [-0.25, -0.2) is 8.78 Å². The zero-order valence-electron chi connectivity index (χ0n) is 27.6. The van der Waals surface area contributed by atoms with Crippen LogP contribution in [-0.4, -0.2) is 41.2 Å². The lowest BCUT2D eigenvalue weighted by Crippen LogP contribution is -2.24. The van der Waals surface area contributed by atoms with E-state index < -0.39 is 17.5 Å². The van der Waals surface area contributed by atoms with Crippen LogP contribution in [0.25, 0.3) is 10.9 Å². The van der Waals surface area contributed by atoms with Crippen molar-refractivity contribution in [3.8, 4) is 11.5 Å². The molecule has 0 saturated carbocycles. The number of fused-ring (bicyclic) bond motifs is 2. The molecule has 2 aromatic heterocycles. The summed E-state index contributed by atoms with van der Waals surface area (Å²) in [6.07, 6.45) is 4.98. The molecule has 5 aromatic rings. The highest BCUT2D eigenvalue weighted by Gasteiger charge is 2.20. The van der Waals surface area contributed by atoms with Gasteiger partial charge in [-0.15, -0.1) is 0 Å². The maximum absolute atomic E-state index is 15.1. The van der Waals surface area contributed by atoms with Crippen LogP contribution in [0.4, 0.5) is 8.78 Å². The highest BCUT2D eigenvalue weighted by molar-refractivity contribution is 7.79. The van der Waals surface area contributed by atoms with Gasteiger partial charge in [0, 0.05) is 47.8 Å². The van der Waals surface area contributed by atoms with Gasteiger partial charge in [-0.2, -0.15) is 12.6 Å². The number of rotatable bonds is 12. The van der Waals surface area contributed by atoms with E-state index >= 15 is 4.39 Å². The summed E-state index contributed by atoms with van der Waals surface area (Å²) in [7, 11) is 1.97. The molecule has 0 N–H and O–H groups in total. The quantitative estimate of drug-likeness (QED) is 0.108. The van der Waals surface area contributed by atoms with Gasteiger partial charge in [-0.3, -0.25) is 14.8 Å². The van der Waals surface area contributed by atoms with Crippen molar-refractivity contribution in [2.45, 2.75) is 32.6 Å². The topological polar surface area (TPSA) is 79.3 Å². The summed E-state index contributed by atoms with van der Waals surface area (Å²) < 4.78 is 50.2. The summed E-state index contributed by atoms with van der Waals surface area (Å²) in [5.74, 6) is -0.0512. The first-order valence-corrected chi connectivity index (χ1v) is 16.5. The molecule has 6 rings (SSSR count). The minimum absolute atomic E-state index is 0.0743. The number of pyridine rings is 1. The van der Waals surface area contributed by atoms with Gasteiger partial charge in [0.05, 0.1) is 25.0 Å². The van der Waals surface area contributed by atoms with Crippen molar-refractivity contribution in [3.63, 3.8) is 0 Å². The molecule has 1 aliphatic heterocycles. The molecule has 1 atom stereocenters. The number of halogens is 2. The van der Waals surface area contributed by atoms with Crippen molar-refractivity contribution in [1.82, 2.24) is 9.13 Å². The van der Waals surface area contributed by atoms with Crippen LogP contribution in [0.15, 0.2) is 112 Å². The standard InChI is InChI=1S/C37H34F2N4O4.CH4S/c1-24(40-2)16-31(28-18-30(39)37(44)43(21-28)20-25-12-13-35-36(17-25)47-23-46-35)41-15-14-34(45-22-27-9-4-6-10-29(27)38)33-19-26-8-5-7-11-32(26)42(33)3;1-2/h4-13,16-19,21,34H,2,14-15,20,22-23H2,1,3H3;2H,1H3/b24-16-,41-31?;. The van der Waals surface area contributed by atoms with Crippen LogP contribution in [0.5, 0.6) is 11.5 Å². The Bertz CT molecular complexity index is 2070. The number of nitrogens with zero attached hydrogens (tertiary/aromatic N) is 4. The number of thiol groups is 1. The third-order valence-electron chi connectivity index (χ3n) is 8.11. The molecule has 0 spiro atoms. The number of hydrogen-bond donors (Lipinski definition) is 1. The lowest BCUT2D eigenvalue weighted by molar-refractivity contribution is 0.0298. The number of hydrogen-bond acceptors (Lipinski definition) is 7. The summed E-state index contributed by atoms with van der Waals surface area (Å²) in [4.78, 5) is 21.7. The highest BCUT2D eigenvalue weighted by atomic mass is 32.1. The van der Waals surface area contributed by atoms with E-state index in [1.807, 2.05) is 31.3 Å². The van der Waals surface area contributed by atoms with Crippen LogP contribution >= 0.6 is 12.6 Å². The molecular formula is C38H38F2N4O4S. The Labute approximate surface area is 289 Å². The van der Waals surface area contributed by atoms with Crippen LogP contribution in [0.1, 0.15) is 41.8 Å². The summed E-state index contributed by atoms with van der Waals surface area (Å²) >= 11 is 3.53. The first kappa shape index (κ1) is 35.3. The first-order valence-electron chi connectivity index (χ1n) is 15.6. The van der Waals surface area contributed by atoms with Crippen LogP contribution < -0.4 is 15.0 Å². The van der Waals surface area contributed by atoms with Crippen molar-refractivity contribution in [3.05, 3.63) is 141 Å². The fourth-order valence-electron chi connectivity index (χ4n) is 5.60. The van der Waals surface area contributed by atoms with Crippen molar-refractivity contribution in [2.75, 3.05) is 19.6 Å². The van der Waals surface area contributed by atoms with Crippen molar-refractivity contribution in [2.24, 2.45) is 17.0 Å². The van der Waals surface area contributed by atoms with E-state index in [0.717, 1.165) is 22.2 Å². The Balaban J connectivity index is 0.00000230. The average molecular weight is 685 g/mol. The summed E-state index contributed by atoms with van der Waals surface area (Å²) in [5.41, 5.74) is 3.80. The fraction of sp³-hybridized carbons (Fsp3) is 0.237. The Morgan fingerprint density at radius 1 is 1.02 bits per heavy atom. The smallest absolute Gasteiger partial charge is 0.286 e. The minimum atomic E-state index is -0.907. The fourth-order valence-corrected chi connectivity index (χ4v) is 5.60. The van der Waals surface area contributed by atoms with Crippen molar-refractivity contribution >= 4 is 36.0 Å². The van der Waals surface area contributed by atoms with Crippen molar-refractivity contribution in [1.29, 1.82) is 0 Å². The number of aryl methyl sites for hydroxylation is 1. The Morgan fingerprint density at radius 3 is 2.55 bits per heavy atom. The molecular weight excluding hydrogens is 647 g/mol. The first-order chi connectivity index (χ1) is 23.8. The SMILES string of the molecule is C=N/C(C)=C\C(=NCCC(OCc1ccccc1F)c1cc2ccccc2n1C)c1cc(F)c(=O)n(Cc2ccc3c(c2)OCO3)c1.CS. The van der Waals surface area contributed by atoms with E-state index in [9.17, 15) is 9.18 Å². The van der Waals surface area contributed by atoms with Gasteiger partial charge in [0.25, 0.3) is 5.56 Å². The molecule has 11 heteroatoms. The zero-order valence-corrected chi connectivity index (χ0v) is 28.5. The lowest BCUT2D eigenvalue weighted by atomic mass is 10.1. The van der Waals surface area contributed by atoms with Gasteiger partial charge in [0.1, 0.15) is 5.82 Å². The molecule has 3 heterocycles. The van der Waals surface area contributed by atoms with E-state index in [1.54, 1.807) is 61.9 Å². The predicted molar refractivity (Wildman–Crippen MR) is 193 cm³/mol. The summed E-state index contributed by atoms with van der Waals surface area (Å²) in [5, 5.41) is 1.06. The highest BCUT2D eigenvalue weighted by Crippen LogP contribution is 2.33. The number of benzene rings is 3. The van der Waals surface area contributed by atoms with Gasteiger partial charge < -0.3 is 23.3 Å². The Kier molecular flexibility index (Phi) is 11.8. The predicted octanol–water partition coefficient (Wildman–Crippen LogP) is 7.68. The second-order valence-corrected chi connectivity index (χ2v) is 11.3. The normalized spacial score (nSPS) is 13.3. The molecule has 8 nitrogen and oxygen atoms in total. The zero-order chi connectivity index (χ0) is 34.9. The molecule has 0 radical (unpaired) electrons. The van der Waals surface area contributed by atoms with Crippen molar-refractivity contribution < 1.29 is 23.0 Å². The molecule has 3 aromatic carbocycles. The molecule has 0 fully saturated rings. The number of allylic oxidation sites excluding steroid dienone is 2. The van der Waals surface area contributed by atoms with Crippen LogP contribution in [0.3, 0.4) is 0 Å². The third kappa shape index (κ3) is 8.36. The molecule has 0 saturated heterocycles. The largest absolute Gasteiger partial charge is 0.454 e. The average Bonchev–Trinajstić information content (AvgIpc) is 3.73. The number of para-hydroxylation sites is 1. The Hall–Kier alpha value is -5.00. The molecule has 254 valence electrons. The third-order valence-corrected chi connectivity index (χ3v) is 8.11. The lowest BCUT2D eigenvalue weighted by Gasteiger charge is -2.19. The monoisotopic (exact) mass is 684 g/mol. The maximum atomic E-state index is 15.1. The summed E-state index contributed by atoms with van der Waals surface area (Å²) in [6.45, 7) is 5.96. The minimum Gasteiger partial charge on any atom is -0.454 e. The Morgan fingerprint density at radius 2 is 1.78 bits per heavy atom. The second kappa shape index (κ2) is 16.4. The van der Waals surface area contributed by atoms with Gasteiger partial charge in [0.15, 0.2) is 17.3 Å². The van der Waals surface area contributed by atoms with E-state index in [0.29, 0.717) is 40.5 Å². The number of aliphatic imine (C=N–C) groups is 2. The maximum Gasteiger partial charge on any atom is 0.286 e. The van der Waals surface area contributed by atoms with Gasteiger partial charge in [-0.1, -0.05) is 42.5 Å². The van der Waals surface area contributed by atoms with Crippen LogP contribution in [-0.2, 0) is 24.9 Å². The van der Waals surface area contributed by atoms with E-state index in [1.165, 1.54) is 16.7 Å². The number of ether oxygens (including phenoxy) is 3. The van der Waals surface area contributed by atoms with E-state index in [4.69, 9.17) is 19.2 Å². The van der Waals surface area contributed by atoms with Crippen LogP contribution in [0, 0.1) is 11.6 Å². The summed E-state index contributed by atoms with van der Waals surface area (Å²) in [6, 6.07) is 23.1. The molecule has 49 heavy (non-hydrogen) atoms. The second-order valence-electron chi connectivity index (χ2n) is 11.3. The van der Waals surface area contributed by atoms with E-state index in [-0.39, 0.29) is 32.3 Å². The molecule has 1 aliphatic rings.